The van der Waals surface area contributed by atoms with Gasteiger partial charge in [-0.05, 0) is 36.2 Å². The minimum Gasteiger partial charge on any atom is -0.507 e. The highest BCUT2D eigenvalue weighted by Crippen LogP contribution is 2.20. The normalized spacial score (nSPS) is 11.1. The second-order valence-corrected chi connectivity index (χ2v) is 5.00. The molecule has 0 unspecified atom stereocenters. The van der Waals surface area contributed by atoms with Crippen LogP contribution < -0.4 is 0 Å². The Kier molecular flexibility index (Phi) is 4.68. The lowest BCUT2D eigenvalue weighted by atomic mass is 10.1. The van der Waals surface area contributed by atoms with Gasteiger partial charge in [0.05, 0.1) is 0 Å². The number of phenols is 1. The van der Waals surface area contributed by atoms with E-state index in [4.69, 9.17) is 0 Å². The van der Waals surface area contributed by atoms with Crippen LogP contribution in [0.15, 0.2) is 51.9 Å². The van der Waals surface area contributed by atoms with Crippen LogP contribution in [0.3, 0.4) is 0 Å². The molecule has 2 aromatic rings. The molecule has 0 atom stereocenters. The summed E-state index contributed by atoms with van der Waals surface area (Å²) in [5.74, 6) is -0.0270. The van der Waals surface area contributed by atoms with Crippen LogP contribution in [0.2, 0.25) is 0 Å². The van der Waals surface area contributed by atoms with Gasteiger partial charge < -0.3 is 5.11 Å². The van der Waals surface area contributed by atoms with Crippen LogP contribution in [0.5, 0.6) is 5.75 Å². The number of rotatable bonds is 4. The van der Waals surface area contributed by atoms with Crippen LogP contribution in [0.4, 0.5) is 4.39 Å². The molecule has 0 saturated heterocycles. The molecular weight excluding hydrogens is 309 g/mol. The molecule has 2 nitrogen and oxygen atoms in total. The van der Waals surface area contributed by atoms with Gasteiger partial charge in [-0.1, -0.05) is 34.1 Å². The molecule has 0 amide bonds. The van der Waals surface area contributed by atoms with Crippen molar-refractivity contribution in [3.63, 3.8) is 0 Å². The number of hydrogen-bond acceptors (Lipinski definition) is 2. The summed E-state index contributed by atoms with van der Waals surface area (Å²) in [5, 5.41) is 9.62. The van der Waals surface area contributed by atoms with E-state index in [0.29, 0.717) is 24.1 Å². The Morgan fingerprint density at radius 2 is 2.00 bits per heavy atom. The highest BCUT2D eigenvalue weighted by atomic mass is 79.9. The standard InChI is InChI=1S/C15H13BrFNO/c16-13-5-6-15(19)12(9-13)10-18-8-7-11-3-1-2-4-14(11)17/h1-6,9-10,19H,7-8H2. The molecule has 0 aliphatic heterocycles. The smallest absolute Gasteiger partial charge is 0.126 e. The first kappa shape index (κ1) is 13.7. The van der Waals surface area contributed by atoms with Gasteiger partial charge >= 0.3 is 0 Å². The maximum absolute atomic E-state index is 13.4. The molecule has 0 heterocycles. The van der Waals surface area contributed by atoms with E-state index in [9.17, 15) is 9.50 Å². The number of phenolic OH excluding ortho intramolecular Hbond substituents is 1. The molecule has 0 saturated carbocycles. The Morgan fingerprint density at radius 1 is 1.21 bits per heavy atom. The molecule has 0 aliphatic carbocycles. The molecule has 1 N–H and O–H groups in total. The number of hydrogen-bond donors (Lipinski definition) is 1. The third kappa shape index (κ3) is 3.89. The van der Waals surface area contributed by atoms with Crippen LogP contribution in [-0.2, 0) is 6.42 Å². The van der Waals surface area contributed by atoms with Crippen molar-refractivity contribution < 1.29 is 9.50 Å². The van der Waals surface area contributed by atoms with Gasteiger partial charge in [0.25, 0.3) is 0 Å². The summed E-state index contributed by atoms with van der Waals surface area (Å²) in [4.78, 5) is 4.21. The zero-order chi connectivity index (χ0) is 13.7. The summed E-state index contributed by atoms with van der Waals surface area (Å²) in [6.45, 7) is 0.479. The predicted molar refractivity (Wildman–Crippen MR) is 78.4 cm³/mol. The number of benzene rings is 2. The van der Waals surface area contributed by atoms with E-state index in [1.807, 2.05) is 6.07 Å². The number of aliphatic imine (C=N–C) groups is 1. The third-order valence-electron chi connectivity index (χ3n) is 2.69. The molecule has 0 radical (unpaired) electrons. The van der Waals surface area contributed by atoms with Gasteiger partial charge in [-0.15, -0.1) is 0 Å². The zero-order valence-corrected chi connectivity index (χ0v) is 11.8. The van der Waals surface area contributed by atoms with Gasteiger partial charge in [0.2, 0.25) is 0 Å². The van der Waals surface area contributed by atoms with E-state index in [-0.39, 0.29) is 11.6 Å². The van der Waals surface area contributed by atoms with E-state index in [2.05, 4.69) is 20.9 Å². The maximum Gasteiger partial charge on any atom is 0.126 e. The van der Waals surface area contributed by atoms with Crippen molar-refractivity contribution in [3.8, 4) is 5.75 Å². The average molecular weight is 322 g/mol. The molecule has 4 heteroatoms. The fourth-order valence-corrected chi connectivity index (χ4v) is 2.06. The fourth-order valence-electron chi connectivity index (χ4n) is 1.68. The molecule has 2 rings (SSSR count). The van der Waals surface area contributed by atoms with Crippen molar-refractivity contribution in [1.29, 1.82) is 0 Å². The van der Waals surface area contributed by atoms with Gasteiger partial charge in [-0.2, -0.15) is 0 Å². The molecule has 98 valence electrons. The van der Waals surface area contributed by atoms with Crippen molar-refractivity contribution in [2.75, 3.05) is 6.54 Å². The van der Waals surface area contributed by atoms with Crippen LogP contribution in [-0.4, -0.2) is 17.9 Å². The van der Waals surface area contributed by atoms with Crippen molar-refractivity contribution in [3.05, 3.63) is 63.9 Å². The van der Waals surface area contributed by atoms with Crippen LogP contribution >= 0.6 is 15.9 Å². The van der Waals surface area contributed by atoms with Crippen LogP contribution in [0.25, 0.3) is 0 Å². The second kappa shape index (κ2) is 6.48. The molecular formula is C15H13BrFNO. The van der Waals surface area contributed by atoms with Gasteiger partial charge in [-0.3, -0.25) is 4.99 Å². The lowest BCUT2D eigenvalue weighted by molar-refractivity contribution is 0.474. The summed E-state index contributed by atoms with van der Waals surface area (Å²) in [5.41, 5.74) is 1.29. The Morgan fingerprint density at radius 3 is 2.79 bits per heavy atom. The molecule has 0 spiro atoms. The van der Waals surface area contributed by atoms with Gasteiger partial charge in [-0.25, -0.2) is 4.39 Å². The van der Waals surface area contributed by atoms with Crippen molar-refractivity contribution in [2.24, 2.45) is 4.99 Å². The summed E-state index contributed by atoms with van der Waals surface area (Å²) in [7, 11) is 0. The number of aromatic hydroxyl groups is 1. The van der Waals surface area contributed by atoms with Crippen molar-refractivity contribution >= 4 is 22.1 Å². The average Bonchev–Trinajstić information content (AvgIpc) is 2.40. The summed E-state index contributed by atoms with van der Waals surface area (Å²) >= 11 is 3.33. The number of nitrogens with zero attached hydrogens (tertiary/aromatic N) is 1. The fraction of sp³-hybridized carbons (Fsp3) is 0.133. The third-order valence-corrected chi connectivity index (χ3v) is 3.18. The Labute approximate surface area is 119 Å². The summed E-state index contributed by atoms with van der Waals surface area (Å²) < 4.78 is 14.2. The lowest BCUT2D eigenvalue weighted by Crippen LogP contribution is -1.94. The maximum atomic E-state index is 13.4. The van der Waals surface area contributed by atoms with Crippen molar-refractivity contribution in [1.82, 2.24) is 0 Å². The summed E-state index contributed by atoms with van der Waals surface area (Å²) in [6, 6.07) is 11.8. The van der Waals surface area contributed by atoms with Gasteiger partial charge in [0.15, 0.2) is 0 Å². The Balaban J connectivity index is 1.97. The van der Waals surface area contributed by atoms with E-state index < -0.39 is 0 Å². The van der Waals surface area contributed by atoms with E-state index in [1.165, 1.54) is 6.07 Å². The number of halogens is 2. The van der Waals surface area contributed by atoms with Gasteiger partial charge in [0, 0.05) is 22.8 Å². The summed E-state index contributed by atoms with van der Waals surface area (Å²) in [6.07, 6.45) is 2.14. The molecule has 0 aromatic heterocycles. The van der Waals surface area contributed by atoms with E-state index >= 15 is 0 Å². The molecule has 0 fully saturated rings. The predicted octanol–water partition coefficient (Wildman–Crippen LogP) is 3.96. The highest BCUT2D eigenvalue weighted by molar-refractivity contribution is 9.10. The topological polar surface area (TPSA) is 32.6 Å². The highest BCUT2D eigenvalue weighted by Gasteiger charge is 2.00. The van der Waals surface area contributed by atoms with E-state index in [1.54, 1.807) is 36.5 Å². The Bertz CT molecular complexity index is 598. The first-order valence-corrected chi connectivity index (χ1v) is 6.68. The molecule has 19 heavy (non-hydrogen) atoms. The van der Waals surface area contributed by atoms with Crippen molar-refractivity contribution in [2.45, 2.75) is 6.42 Å². The Hall–Kier alpha value is -1.68. The zero-order valence-electron chi connectivity index (χ0n) is 10.2. The van der Waals surface area contributed by atoms with Gasteiger partial charge in [0.1, 0.15) is 11.6 Å². The second-order valence-electron chi connectivity index (χ2n) is 4.08. The van der Waals surface area contributed by atoms with Crippen LogP contribution in [0.1, 0.15) is 11.1 Å². The first-order valence-electron chi connectivity index (χ1n) is 5.88. The monoisotopic (exact) mass is 321 g/mol. The molecule has 0 aliphatic rings. The first-order chi connectivity index (χ1) is 9.16. The van der Waals surface area contributed by atoms with Crippen LogP contribution in [0, 0.1) is 5.82 Å². The molecule has 0 bridgehead atoms. The van der Waals surface area contributed by atoms with E-state index in [0.717, 1.165) is 4.47 Å². The molecule has 2 aromatic carbocycles. The quantitative estimate of drug-likeness (QED) is 0.849. The lowest BCUT2D eigenvalue weighted by Gasteiger charge is -2.01. The SMILES string of the molecule is Oc1ccc(Br)cc1C=NCCc1ccccc1F. The largest absolute Gasteiger partial charge is 0.507 e. The minimum absolute atomic E-state index is 0.179. The minimum atomic E-state index is -0.206.